The van der Waals surface area contributed by atoms with Crippen LogP contribution in [0.25, 0.3) is 0 Å². The van der Waals surface area contributed by atoms with Gasteiger partial charge in [0.05, 0.1) is 4.90 Å². The molecule has 2 aromatic carbocycles. The maximum absolute atomic E-state index is 12.7. The van der Waals surface area contributed by atoms with Crippen LogP contribution in [0.4, 0.5) is 5.69 Å². The summed E-state index contributed by atoms with van der Waals surface area (Å²) >= 11 is 0. The number of nitriles is 1. The normalized spacial score (nSPS) is 15.5. The van der Waals surface area contributed by atoms with E-state index in [2.05, 4.69) is 22.3 Å². The van der Waals surface area contributed by atoms with Gasteiger partial charge in [0.25, 0.3) is 16.0 Å². The topological polar surface area (TPSA) is 114 Å². The van der Waals surface area contributed by atoms with Crippen molar-refractivity contribution in [1.29, 1.82) is 5.26 Å². The number of rotatable bonds is 6. The SMILES string of the molecule is N#C/C(=C/Nc1cccc(S(=O)(=O)O)c1)C(=O)N1CCN(Cc2ccccc2)CC1. The molecular weight excluding hydrogens is 404 g/mol. The largest absolute Gasteiger partial charge is 0.360 e. The minimum absolute atomic E-state index is 0.0798. The molecule has 1 saturated heterocycles. The predicted molar refractivity (Wildman–Crippen MR) is 112 cm³/mol. The molecule has 30 heavy (non-hydrogen) atoms. The van der Waals surface area contributed by atoms with Crippen molar-refractivity contribution in [2.24, 2.45) is 0 Å². The third kappa shape index (κ3) is 5.67. The molecule has 0 aromatic heterocycles. The molecule has 0 spiro atoms. The third-order valence-electron chi connectivity index (χ3n) is 4.77. The van der Waals surface area contributed by atoms with Crippen molar-refractivity contribution in [1.82, 2.24) is 9.80 Å². The Morgan fingerprint density at radius 1 is 1.10 bits per heavy atom. The molecule has 1 fully saturated rings. The summed E-state index contributed by atoms with van der Waals surface area (Å²) < 4.78 is 31.6. The third-order valence-corrected chi connectivity index (χ3v) is 5.62. The molecule has 0 unspecified atom stereocenters. The number of hydrogen-bond acceptors (Lipinski definition) is 6. The molecule has 0 aliphatic carbocycles. The van der Waals surface area contributed by atoms with E-state index in [1.54, 1.807) is 11.0 Å². The molecular formula is C21H22N4O4S. The summed E-state index contributed by atoms with van der Waals surface area (Å²) in [6.45, 7) is 3.27. The van der Waals surface area contributed by atoms with Gasteiger partial charge < -0.3 is 10.2 Å². The van der Waals surface area contributed by atoms with Crippen LogP contribution in [0, 0.1) is 11.3 Å². The standard InChI is InChI=1S/C21H22N4O4S/c22-14-18(15-23-19-7-4-8-20(13-19)30(27,28)29)21(26)25-11-9-24(10-12-25)16-17-5-2-1-3-6-17/h1-8,13,15,23H,9-12,16H2,(H,27,28,29)/b18-15-. The molecule has 1 aliphatic rings. The van der Waals surface area contributed by atoms with Crippen molar-refractivity contribution in [2.75, 3.05) is 31.5 Å². The van der Waals surface area contributed by atoms with Gasteiger partial charge in [0, 0.05) is 44.6 Å². The molecule has 3 rings (SSSR count). The van der Waals surface area contributed by atoms with E-state index in [0.29, 0.717) is 31.9 Å². The number of carbonyl (C=O) groups is 1. The van der Waals surface area contributed by atoms with Gasteiger partial charge >= 0.3 is 0 Å². The van der Waals surface area contributed by atoms with Crippen molar-refractivity contribution in [3.8, 4) is 6.07 Å². The molecule has 156 valence electrons. The molecule has 1 aliphatic heterocycles. The molecule has 1 heterocycles. The fourth-order valence-electron chi connectivity index (χ4n) is 3.16. The van der Waals surface area contributed by atoms with E-state index in [9.17, 15) is 18.5 Å². The highest BCUT2D eigenvalue weighted by atomic mass is 32.2. The number of nitrogens with one attached hydrogen (secondary N) is 1. The zero-order valence-electron chi connectivity index (χ0n) is 16.2. The quantitative estimate of drug-likeness (QED) is 0.413. The van der Waals surface area contributed by atoms with E-state index < -0.39 is 10.1 Å². The summed E-state index contributed by atoms with van der Waals surface area (Å²) in [6, 6.07) is 17.5. The van der Waals surface area contributed by atoms with E-state index in [1.165, 1.54) is 30.0 Å². The minimum Gasteiger partial charge on any atom is -0.360 e. The first-order valence-electron chi connectivity index (χ1n) is 9.37. The average molecular weight is 426 g/mol. The van der Waals surface area contributed by atoms with Crippen molar-refractivity contribution in [2.45, 2.75) is 11.4 Å². The van der Waals surface area contributed by atoms with Gasteiger partial charge in [-0.25, -0.2) is 0 Å². The number of piperazine rings is 1. The first kappa shape index (κ1) is 21.5. The zero-order chi connectivity index (χ0) is 21.6. The van der Waals surface area contributed by atoms with Crippen LogP contribution < -0.4 is 5.32 Å². The summed E-state index contributed by atoms with van der Waals surface area (Å²) in [5, 5.41) is 12.1. The highest BCUT2D eigenvalue weighted by molar-refractivity contribution is 7.85. The number of benzene rings is 2. The van der Waals surface area contributed by atoms with Crippen LogP contribution in [-0.2, 0) is 21.5 Å². The number of carbonyl (C=O) groups excluding carboxylic acids is 1. The minimum atomic E-state index is -4.34. The number of amides is 1. The molecule has 2 N–H and O–H groups in total. The highest BCUT2D eigenvalue weighted by Gasteiger charge is 2.23. The summed E-state index contributed by atoms with van der Waals surface area (Å²) in [7, 11) is -4.34. The van der Waals surface area contributed by atoms with Gasteiger partial charge in [-0.3, -0.25) is 14.2 Å². The Morgan fingerprint density at radius 2 is 1.80 bits per heavy atom. The van der Waals surface area contributed by atoms with Gasteiger partial charge in [0.2, 0.25) is 0 Å². The predicted octanol–water partition coefficient (Wildman–Crippen LogP) is 2.10. The lowest BCUT2D eigenvalue weighted by Crippen LogP contribution is -2.48. The fraction of sp³-hybridized carbons (Fsp3) is 0.238. The van der Waals surface area contributed by atoms with Crippen LogP contribution in [0.1, 0.15) is 5.56 Å². The second-order valence-electron chi connectivity index (χ2n) is 6.87. The molecule has 8 nitrogen and oxygen atoms in total. The first-order valence-corrected chi connectivity index (χ1v) is 10.8. The Bertz CT molecular complexity index is 1070. The molecule has 0 atom stereocenters. The van der Waals surface area contributed by atoms with Crippen LogP contribution in [-0.4, -0.2) is 54.9 Å². The van der Waals surface area contributed by atoms with Crippen LogP contribution in [0.15, 0.2) is 71.3 Å². The van der Waals surface area contributed by atoms with Crippen molar-refractivity contribution < 1.29 is 17.8 Å². The lowest BCUT2D eigenvalue weighted by atomic mass is 10.2. The average Bonchev–Trinajstić information content (AvgIpc) is 2.75. The second-order valence-corrected chi connectivity index (χ2v) is 8.29. The Kier molecular flexibility index (Phi) is 6.84. The molecule has 0 bridgehead atoms. The molecule has 0 radical (unpaired) electrons. The Labute approximate surface area is 175 Å². The summed E-state index contributed by atoms with van der Waals surface area (Å²) in [4.78, 5) is 16.3. The van der Waals surface area contributed by atoms with E-state index in [1.807, 2.05) is 24.3 Å². The second kappa shape index (κ2) is 9.54. The van der Waals surface area contributed by atoms with E-state index in [-0.39, 0.29) is 16.4 Å². The van der Waals surface area contributed by atoms with Gasteiger partial charge in [-0.15, -0.1) is 0 Å². The summed E-state index contributed by atoms with van der Waals surface area (Å²) in [5.74, 6) is -0.379. The Morgan fingerprint density at radius 3 is 2.43 bits per heavy atom. The van der Waals surface area contributed by atoms with Gasteiger partial charge in [0.1, 0.15) is 11.6 Å². The van der Waals surface area contributed by atoms with Crippen LogP contribution in [0.5, 0.6) is 0 Å². The van der Waals surface area contributed by atoms with Crippen molar-refractivity contribution in [3.05, 3.63) is 71.9 Å². The smallest absolute Gasteiger partial charge is 0.294 e. The molecule has 2 aromatic rings. The van der Waals surface area contributed by atoms with E-state index in [4.69, 9.17) is 4.55 Å². The van der Waals surface area contributed by atoms with E-state index in [0.717, 1.165) is 6.54 Å². The molecule has 0 saturated carbocycles. The van der Waals surface area contributed by atoms with Gasteiger partial charge in [-0.1, -0.05) is 36.4 Å². The maximum Gasteiger partial charge on any atom is 0.294 e. The lowest BCUT2D eigenvalue weighted by Gasteiger charge is -2.34. The van der Waals surface area contributed by atoms with Gasteiger partial charge in [0.15, 0.2) is 0 Å². The van der Waals surface area contributed by atoms with Crippen LogP contribution >= 0.6 is 0 Å². The molecule has 1 amide bonds. The van der Waals surface area contributed by atoms with Crippen molar-refractivity contribution in [3.63, 3.8) is 0 Å². The van der Waals surface area contributed by atoms with Gasteiger partial charge in [-0.05, 0) is 23.8 Å². The van der Waals surface area contributed by atoms with Gasteiger partial charge in [-0.2, -0.15) is 13.7 Å². The van der Waals surface area contributed by atoms with Crippen LogP contribution in [0.2, 0.25) is 0 Å². The number of nitrogens with zero attached hydrogens (tertiary/aromatic N) is 3. The fourth-order valence-corrected chi connectivity index (χ4v) is 3.69. The zero-order valence-corrected chi connectivity index (χ0v) is 17.0. The molecule has 9 heteroatoms. The highest BCUT2D eigenvalue weighted by Crippen LogP contribution is 2.16. The number of anilines is 1. The lowest BCUT2D eigenvalue weighted by molar-refractivity contribution is -0.128. The maximum atomic E-state index is 12.7. The summed E-state index contributed by atoms with van der Waals surface area (Å²) in [5.41, 5.74) is 1.47. The van der Waals surface area contributed by atoms with Crippen LogP contribution in [0.3, 0.4) is 0 Å². The Balaban J connectivity index is 1.59. The summed E-state index contributed by atoms with van der Waals surface area (Å²) in [6.07, 6.45) is 1.25. The van der Waals surface area contributed by atoms with Crippen molar-refractivity contribution >= 4 is 21.7 Å². The van der Waals surface area contributed by atoms with E-state index >= 15 is 0 Å². The first-order chi connectivity index (χ1) is 14.4. The Hall–Kier alpha value is -3.19. The monoisotopic (exact) mass is 426 g/mol. The number of hydrogen-bond donors (Lipinski definition) is 2.